The molecule has 0 amide bonds. The van der Waals surface area contributed by atoms with Gasteiger partial charge in [-0.05, 0) is 29.5 Å². The Labute approximate surface area is 184 Å². The Hall–Kier alpha value is -3.11. The minimum Gasteiger partial charge on any atom is -0.482 e. The van der Waals surface area contributed by atoms with Crippen molar-refractivity contribution in [3.63, 3.8) is 0 Å². The van der Waals surface area contributed by atoms with Crippen molar-refractivity contribution in [1.29, 1.82) is 0 Å². The number of methoxy groups -OCH3 is 1. The van der Waals surface area contributed by atoms with Crippen LogP contribution in [-0.2, 0) is 15.1 Å². The first-order valence-electron chi connectivity index (χ1n) is 11.0. The number of rotatable bonds is 5. The monoisotopic (exact) mass is 412 g/mol. The molecule has 0 unspecified atom stereocenters. The van der Waals surface area contributed by atoms with Gasteiger partial charge in [-0.2, -0.15) is 0 Å². The van der Waals surface area contributed by atoms with E-state index in [1.54, 1.807) is 7.11 Å². The molecule has 3 aromatic rings. The van der Waals surface area contributed by atoms with Gasteiger partial charge in [-0.15, -0.1) is 0 Å². The molecule has 4 nitrogen and oxygen atoms in total. The van der Waals surface area contributed by atoms with Crippen molar-refractivity contribution in [2.24, 2.45) is 5.16 Å². The first-order chi connectivity index (χ1) is 15.3. The lowest BCUT2D eigenvalue weighted by atomic mass is 9.75. The van der Waals surface area contributed by atoms with E-state index in [2.05, 4.69) is 101 Å². The van der Waals surface area contributed by atoms with Gasteiger partial charge in [0.2, 0.25) is 5.90 Å². The smallest absolute Gasteiger partial charge is 0.229 e. The Bertz CT molecular complexity index is 924. The highest BCUT2D eigenvalue weighted by Crippen LogP contribution is 2.47. The van der Waals surface area contributed by atoms with E-state index in [0.717, 1.165) is 19.4 Å². The van der Waals surface area contributed by atoms with Crippen LogP contribution in [0.5, 0.6) is 0 Å². The molecular formula is C27H28N2O2. The number of nitrogens with zero attached hydrogens (tertiary/aromatic N) is 2. The van der Waals surface area contributed by atoms with E-state index < -0.39 is 5.54 Å². The third kappa shape index (κ3) is 3.41. The third-order valence-electron chi connectivity index (χ3n) is 6.64. The maximum atomic E-state index is 5.89. The standard InChI is InChI=1S/C27H28N2O2/c1-30-26-20-25(31-28-26)24-18-11-19-29(24)27(21-12-5-2-6-13-21,22-14-7-3-8-15-22)23-16-9-4-10-17-23/h2-10,12-17,24-25H,11,18-20H2,1H3/t24-,25+/m0/s1. The van der Waals surface area contributed by atoms with E-state index in [4.69, 9.17) is 9.57 Å². The molecule has 2 aliphatic heterocycles. The van der Waals surface area contributed by atoms with Crippen molar-refractivity contribution in [3.05, 3.63) is 108 Å². The summed E-state index contributed by atoms with van der Waals surface area (Å²) in [5.41, 5.74) is 3.39. The van der Waals surface area contributed by atoms with Gasteiger partial charge in [-0.1, -0.05) is 96.2 Å². The van der Waals surface area contributed by atoms with Gasteiger partial charge >= 0.3 is 0 Å². The topological polar surface area (TPSA) is 34.1 Å². The predicted octanol–water partition coefficient (Wildman–Crippen LogP) is 5.19. The molecule has 2 aliphatic rings. The number of ether oxygens (including phenoxy) is 1. The Balaban J connectivity index is 1.70. The van der Waals surface area contributed by atoms with Crippen LogP contribution in [0.1, 0.15) is 36.0 Å². The normalized spacial score (nSPS) is 21.5. The summed E-state index contributed by atoms with van der Waals surface area (Å²) in [5.74, 6) is 0.682. The third-order valence-corrected chi connectivity index (χ3v) is 6.64. The van der Waals surface area contributed by atoms with Gasteiger partial charge < -0.3 is 9.57 Å². The second-order valence-electron chi connectivity index (χ2n) is 8.25. The lowest BCUT2D eigenvalue weighted by Gasteiger charge is -2.47. The molecule has 1 saturated heterocycles. The largest absolute Gasteiger partial charge is 0.482 e. The molecule has 1 fully saturated rings. The Kier molecular flexibility index (Phi) is 5.47. The first-order valence-corrected chi connectivity index (χ1v) is 11.0. The molecule has 0 bridgehead atoms. The summed E-state index contributed by atoms with van der Waals surface area (Å²) >= 11 is 0. The van der Waals surface area contributed by atoms with E-state index in [1.165, 1.54) is 16.7 Å². The van der Waals surface area contributed by atoms with Crippen molar-refractivity contribution >= 4 is 5.90 Å². The summed E-state index contributed by atoms with van der Waals surface area (Å²) < 4.78 is 5.38. The lowest BCUT2D eigenvalue weighted by Crippen LogP contribution is -2.53. The molecule has 0 aliphatic carbocycles. The van der Waals surface area contributed by atoms with Crippen LogP contribution in [0.15, 0.2) is 96.2 Å². The summed E-state index contributed by atoms with van der Waals surface area (Å²) in [5, 5.41) is 4.18. The van der Waals surface area contributed by atoms with Crippen LogP contribution in [0.2, 0.25) is 0 Å². The summed E-state index contributed by atoms with van der Waals surface area (Å²) in [6, 6.07) is 32.8. The quantitative estimate of drug-likeness (QED) is 0.541. The van der Waals surface area contributed by atoms with Gasteiger partial charge in [-0.25, -0.2) is 0 Å². The Morgan fingerprint density at radius 3 is 1.81 bits per heavy atom. The van der Waals surface area contributed by atoms with E-state index in [-0.39, 0.29) is 12.1 Å². The molecular weight excluding hydrogens is 384 g/mol. The minimum absolute atomic E-state index is 0.00652. The number of oxime groups is 1. The molecule has 0 spiro atoms. The zero-order valence-electron chi connectivity index (χ0n) is 17.9. The van der Waals surface area contributed by atoms with Crippen LogP contribution in [0, 0.1) is 0 Å². The summed E-state index contributed by atoms with van der Waals surface area (Å²) in [7, 11) is 1.67. The maximum absolute atomic E-state index is 5.89. The van der Waals surface area contributed by atoms with Crippen molar-refractivity contribution in [2.75, 3.05) is 13.7 Å². The highest BCUT2D eigenvalue weighted by atomic mass is 16.7. The van der Waals surface area contributed by atoms with Gasteiger partial charge in [0.15, 0.2) is 6.10 Å². The summed E-state index contributed by atoms with van der Waals surface area (Å²) in [4.78, 5) is 8.54. The van der Waals surface area contributed by atoms with Gasteiger partial charge in [0, 0.05) is 6.54 Å². The van der Waals surface area contributed by atoms with Crippen molar-refractivity contribution < 1.29 is 9.57 Å². The fraction of sp³-hybridized carbons (Fsp3) is 0.296. The molecule has 5 rings (SSSR count). The highest BCUT2D eigenvalue weighted by molar-refractivity contribution is 5.77. The summed E-state index contributed by atoms with van der Waals surface area (Å²) in [6.45, 7) is 0.992. The fourth-order valence-electron chi connectivity index (χ4n) is 5.33. The number of hydrogen-bond acceptors (Lipinski definition) is 4. The van der Waals surface area contributed by atoms with Crippen LogP contribution in [0.4, 0.5) is 0 Å². The first kappa shape index (κ1) is 19.8. The lowest BCUT2D eigenvalue weighted by molar-refractivity contribution is -0.00195. The minimum atomic E-state index is -0.413. The molecule has 0 radical (unpaired) electrons. The zero-order valence-corrected chi connectivity index (χ0v) is 17.9. The number of hydrogen-bond donors (Lipinski definition) is 0. The van der Waals surface area contributed by atoms with Crippen molar-refractivity contribution in [2.45, 2.75) is 36.9 Å². The zero-order chi connectivity index (χ0) is 21.1. The second-order valence-corrected chi connectivity index (χ2v) is 8.25. The highest BCUT2D eigenvalue weighted by Gasteiger charge is 2.50. The fourth-order valence-corrected chi connectivity index (χ4v) is 5.33. The molecule has 0 saturated carbocycles. The van der Waals surface area contributed by atoms with Crippen molar-refractivity contribution in [3.8, 4) is 0 Å². The predicted molar refractivity (Wildman–Crippen MR) is 123 cm³/mol. The average Bonchev–Trinajstić information content (AvgIpc) is 3.52. The van der Waals surface area contributed by atoms with Crippen LogP contribution in [-0.4, -0.2) is 36.6 Å². The van der Waals surface area contributed by atoms with Gasteiger partial charge in [0.1, 0.15) is 0 Å². The van der Waals surface area contributed by atoms with Gasteiger partial charge in [-0.3, -0.25) is 4.90 Å². The van der Waals surface area contributed by atoms with Crippen LogP contribution < -0.4 is 0 Å². The van der Waals surface area contributed by atoms with Crippen LogP contribution in [0.25, 0.3) is 0 Å². The molecule has 0 aromatic heterocycles. The molecule has 3 aromatic carbocycles. The Morgan fingerprint density at radius 2 is 1.35 bits per heavy atom. The molecule has 4 heteroatoms. The van der Waals surface area contributed by atoms with E-state index in [1.807, 2.05) is 0 Å². The molecule has 31 heavy (non-hydrogen) atoms. The molecule has 2 atom stereocenters. The average molecular weight is 413 g/mol. The summed E-state index contributed by atoms with van der Waals surface area (Å²) in [6.07, 6.45) is 2.91. The van der Waals surface area contributed by atoms with Gasteiger partial charge in [0.05, 0.1) is 25.1 Å². The second kappa shape index (κ2) is 8.56. The van der Waals surface area contributed by atoms with E-state index in [9.17, 15) is 0 Å². The van der Waals surface area contributed by atoms with Gasteiger partial charge in [0.25, 0.3) is 0 Å². The Morgan fingerprint density at radius 1 is 0.839 bits per heavy atom. The SMILES string of the molecule is COC1=NO[C@@H]([C@@H]2CCCN2C(c2ccccc2)(c2ccccc2)c2ccccc2)C1. The molecule has 0 N–H and O–H groups in total. The molecule has 158 valence electrons. The van der Waals surface area contributed by atoms with Crippen LogP contribution >= 0.6 is 0 Å². The number of likely N-dealkylation sites (tertiary alicyclic amines) is 1. The van der Waals surface area contributed by atoms with Crippen molar-refractivity contribution in [1.82, 2.24) is 4.90 Å². The maximum Gasteiger partial charge on any atom is 0.229 e. The van der Waals surface area contributed by atoms with E-state index >= 15 is 0 Å². The van der Waals surface area contributed by atoms with E-state index in [0.29, 0.717) is 12.3 Å². The van der Waals surface area contributed by atoms with Crippen LogP contribution in [0.3, 0.4) is 0 Å². The number of benzene rings is 3. The molecule has 2 heterocycles.